The summed E-state index contributed by atoms with van der Waals surface area (Å²) in [5.41, 5.74) is 2.98. The Bertz CT molecular complexity index is 1130. The quantitative estimate of drug-likeness (QED) is 0.584. The van der Waals surface area contributed by atoms with Gasteiger partial charge in [-0.3, -0.25) is 14.2 Å². The Labute approximate surface area is 193 Å². The van der Waals surface area contributed by atoms with Crippen molar-refractivity contribution in [2.45, 2.75) is 46.6 Å². The van der Waals surface area contributed by atoms with Gasteiger partial charge in [-0.05, 0) is 49.1 Å². The van der Waals surface area contributed by atoms with Crippen LogP contribution in [0, 0.1) is 18.8 Å². The van der Waals surface area contributed by atoms with E-state index in [9.17, 15) is 9.59 Å². The molecule has 1 aliphatic rings. The lowest BCUT2D eigenvalue weighted by molar-refractivity contribution is -0.125. The summed E-state index contributed by atoms with van der Waals surface area (Å²) in [7, 11) is 0. The molecule has 3 heterocycles. The Balaban J connectivity index is 1.61. The molecule has 32 heavy (non-hydrogen) atoms. The molecule has 1 amide bonds. The summed E-state index contributed by atoms with van der Waals surface area (Å²) >= 11 is 1.43. The Morgan fingerprint density at radius 2 is 2.03 bits per heavy atom. The molecule has 1 fully saturated rings. The van der Waals surface area contributed by atoms with E-state index >= 15 is 0 Å². The smallest absolute Gasteiger partial charge is 0.273 e. The molecule has 0 saturated carbocycles. The number of benzene rings is 1. The molecule has 0 unspecified atom stereocenters. The van der Waals surface area contributed by atoms with Crippen LogP contribution in [0.4, 0.5) is 5.95 Å². The number of carbonyl (C=O) groups excluding carboxylic acids is 1. The predicted molar refractivity (Wildman–Crippen MR) is 132 cm³/mol. The molecule has 0 aliphatic carbocycles. The Hall–Kier alpha value is -2.67. The number of carbonyl (C=O) groups is 1. The molecule has 1 atom stereocenters. The molecule has 4 rings (SSSR count). The van der Waals surface area contributed by atoms with Crippen molar-refractivity contribution in [3.05, 3.63) is 57.2 Å². The van der Waals surface area contributed by atoms with E-state index in [-0.39, 0.29) is 17.4 Å². The number of aryl methyl sites for hydroxylation is 1. The molecule has 1 aromatic carbocycles. The molecular weight excluding hydrogens is 420 g/mol. The standard InChI is InChI=1S/C25H32N4O2S/c1-17(2)10-12-26-23(30)20-5-4-13-28(16-20)25-27-21-11-14-32-22(21)24(31)29(25)15-19-8-6-18(3)7-9-19/h6-9,11,14,17,20H,4-5,10,12-13,15-16H2,1-3H3,(H,26,30)/t20-/m0/s1. The number of rotatable bonds is 7. The maximum absolute atomic E-state index is 13.4. The van der Waals surface area contributed by atoms with Crippen LogP contribution in [0.25, 0.3) is 10.2 Å². The van der Waals surface area contributed by atoms with E-state index in [2.05, 4.69) is 55.3 Å². The molecule has 1 saturated heterocycles. The summed E-state index contributed by atoms with van der Waals surface area (Å²) in [6, 6.07) is 10.2. The van der Waals surface area contributed by atoms with Crippen LogP contribution in [-0.4, -0.2) is 35.1 Å². The highest BCUT2D eigenvalue weighted by Crippen LogP contribution is 2.25. The molecule has 1 N–H and O–H groups in total. The summed E-state index contributed by atoms with van der Waals surface area (Å²) in [5, 5.41) is 5.02. The van der Waals surface area contributed by atoms with Gasteiger partial charge in [-0.2, -0.15) is 0 Å². The van der Waals surface area contributed by atoms with Crippen molar-refractivity contribution in [3.8, 4) is 0 Å². The molecule has 2 aromatic heterocycles. The minimum absolute atomic E-state index is 0.0101. The fourth-order valence-electron chi connectivity index (χ4n) is 4.19. The lowest BCUT2D eigenvalue weighted by Gasteiger charge is -2.34. The summed E-state index contributed by atoms with van der Waals surface area (Å²) in [6.45, 7) is 8.94. The normalized spacial score (nSPS) is 16.6. The fraction of sp³-hybridized carbons (Fsp3) is 0.480. The number of piperidine rings is 1. The number of hydrogen-bond donors (Lipinski definition) is 1. The molecular formula is C25H32N4O2S. The van der Waals surface area contributed by atoms with Crippen molar-refractivity contribution in [2.75, 3.05) is 24.5 Å². The highest BCUT2D eigenvalue weighted by Gasteiger charge is 2.28. The number of thiophene rings is 1. The van der Waals surface area contributed by atoms with Crippen LogP contribution >= 0.6 is 11.3 Å². The van der Waals surface area contributed by atoms with Gasteiger partial charge in [0.25, 0.3) is 5.56 Å². The van der Waals surface area contributed by atoms with Crippen LogP contribution in [0.1, 0.15) is 44.2 Å². The van der Waals surface area contributed by atoms with Gasteiger partial charge in [-0.25, -0.2) is 4.98 Å². The van der Waals surface area contributed by atoms with E-state index < -0.39 is 0 Å². The van der Waals surface area contributed by atoms with Crippen LogP contribution in [0.3, 0.4) is 0 Å². The van der Waals surface area contributed by atoms with Crippen molar-refractivity contribution >= 4 is 33.4 Å². The largest absolute Gasteiger partial charge is 0.356 e. The van der Waals surface area contributed by atoms with Crippen molar-refractivity contribution in [2.24, 2.45) is 11.8 Å². The predicted octanol–water partition coefficient (Wildman–Crippen LogP) is 4.19. The SMILES string of the molecule is Cc1ccc(Cn2c(N3CCC[C@H](C(=O)NCCC(C)C)C3)nc3ccsc3c2=O)cc1. The summed E-state index contributed by atoms with van der Waals surface area (Å²) in [6.07, 6.45) is 2.76. The van der Waals surface area contributed by atoms with E-state index in [1.807, 2.05) is 11.4 Å². The number of amides is 1. The van der Waals surface area contributed by atoms with E-state index in [1.54, 1.807) is 4.57 Å². The van der Waals surface area contributed by atoms with Crippen molar-refractivity contribution < 1.29 is 4.79 Å². The third-order valence-electron chi connectivity index (χ3n) is 6.10. The first-order chi connectivity index (χ1) is 15.4. The number of anilines is 1. The second-order valence-corrected chi connectivity index (χ2v) is 10.1. The first kappa shape index (κ1) is 22.5. The maximum Gasteiger partial charge on any atom is 0.273 e. The van der Waals surface area contributed by atoms with Crippen LogP contribution in [0.2, 0.25) is 0 Å². The number of aromatic nitrogens is 2. The molecule has 3 aromatic rings. The first-order valence-corrected chi connectivity index (χ1v) is 12.4. The molecule has 0 bridgehead atoms. The second kappa shape index (κ2) is 9.86. The third-order valence-corrected chi connectivity index (χ3v) is 6.99. The Morgan fingerprint density at radius 1 is 1.25 bits per heavy atom. The van der Waals surface area contributed by atoms with Gasteiger partial charge in [0.05, 0.1) is 18.0 Å². The minimum atomic E-state index is -0.0844. The van der Waals surface area contributed by atoms with Crippen LogP contribution in [-0.2, 0) is 11.3 Å². The van der Waals surface area contributed by atoms with Crippen LogP contribution in [0.5, 0.6) is 0 Å². The van der Waals surface area contributed by atoms with Gasteiger partial charge in [-0.15, -0.1) is 11.3 Å². The lowest BCUT2D eigenvalue weighted by Crippen LogP contribution is -2.45. The van der Waals surface area contributed by atoms with Crippen molar-refractivity contribution in [1.82, 2.24) is 14.9 Å². The molecule has 7 heteroatoms. The number of nitrogens with one attached hydrogen (secondary N) is 1. The van der Waals surface area contributed by atoms with Crippen molar-refractivity contribution in [1.29, 1.82) is 0 Å². The Morgan fingerprint density at radius 3 is 2.78 bits per heavy atom. The van der Waals surface area contributed by atoms with Gasteiger partial charge in [0.2, 0.25) is 11.9 Å². The average molecular weight is 453 g/mol. The molecule has 0 radical (unpaired) electrons. The van der Waals surface area contributed by atoms with Crippen LogP contribution in [0.15, 0.2) is 40.5 Å². The van der Waals surface area contributed by atoms with Gasteiger partial charge in [0.1, 0.15) is 4.70 Å². The maximum atomic E-state index is 13.4. The monoisotopic (exact) mass is 452 g/mol. The van der Waals surface area contributed by atoms with Gasteiger partial charge >= 0.3 is 0 Å². The van der Waals surface area contributed by atoms with Gasteiger partial charge in [-0.1, -0.05) is 43.7 Å². The summed E-state index contributed by atoms with van der Waals surface area (Å²) in [4.78, 5) is 33.2. The Kier molecular flexibility index (Phi) is 6.94. The third kappa shape index (κ3) is 5.04. The molecule has 170 valence electrons. The molecule has 1 aliphatic heterocycles. The highest BCUT2D eigenvalue weighted by molar-refractivity contribution is 7.17. The van der Waals surface area contributed by atoms with E-state index in [0.29, 0.717) is 36.2 Å². The summed E-state index contributed by atoms with van der Waals surface area (Å²) < 4.78 is 2.46. The van der Waals surface area contributed by atoms with Crippen molar-refractivity contribution in [3.63, 3.8) is 0 Å². The minimum Gasteiger partial charge on any atom is -0.356 e. The van der Waals surface area contributed by atoms with Crippen LogP contribution < -0.4 is 15.8 Å². The second-order valence-electron chi connectivity index (χ2n) is 9.18. The molecule has 0 spiro atoms. The molecule has 6 nitrogen and oxygen atoms in total. The van der Waals surface area contributed by atoms with E-state index in [0.717, 1.165) is 36.9 Å². The number of hydrogen-bond acceptors (Lipinski definition) is 5. The number of fused-ring (bicyclic) bond motifs is 1. The first-order valence-electron chi connectivity index (χ1n) is 11.5. The topological polar surface area (TPSA) is 67.2 Å². The lowest BCUT2D eigenvalue weighted by atomic mass is 9.97. The summed E-state index contributed by atoms with van der Waals surface area (Å²) in [5.74, 6) is 1.26. The zero-order chi connectivity index (χ0) is 22.7. The van der Waals surface area contributed by atoms with Gasteiger partial charge in [0.15, 0.2) is 0 Å². The van der Waals surface area contributed by atoms with E-state index in [4.69, 9.17) is 4.98 Å². The zero-order valence-electron chi connectivity index (χ0n) is 19.1. The highest BCUT2D eigenvalue weighted by atomic mass is 32.1. The zero-order valence-corrected chi connectivity index (χ0v) is 20.0. The number of nitrogens with zero attached hydrogens (tertiary/aromatic N) is 3. The average Bonchev–Trinajstić information content (AvgIpc) is 3.26. The fourth-order valence-corrected chi connectivity index (χ4v) is 4.97. The van der Waals surface area contributed by atoms with Gasteiger partial charge < -0.3 is 10.2 Å². The van der Waals surface area contributed by atoms with E-state index in [1.165, 1.54) is 16.9 Å². The van der Waals surface area contributed by atoms with Gasteiger partial charge in [0, 0.05) is 19.6 Å².